The molecule has 0 radical (unpaired) electrons. The largest absolute Gasteiger partial charge is 0.232 e. The van der Waals surface area contributed by atoms with E-state index in [4.69, 9.17) is 21.4 Å². The van der Waals surface area contributed by atoms with Gasteiger partial charge in [0.15, 0.2) is 0 Å². The summed E-state index contributed by atoms with van der Waals surface area (Å²) in [6.45, 7) is 0. The first kappa shape index (κ1) is 17.5. The minimum Gasteiger partial charge on any atom is -0.212 e. The average Bonchev–Trinajstić information content (AvgIpc) is 2.11. The molecule has 0 aromatic rings. The highest BCUT2D eigenvalue weighted by atomic mass is 35.7. The normalized spacial score (nSPS) is 12.8. The molecule has 0 aliphatic carbocycles. The highest BCUT2D eigenvalue weighted by molar-refractivity contribution is 8.14. The number of hydrogen-bond donors (Lipinski definition) is 0. The predicted octanol–water partition coefficient (Wildman–Crippen LogP) is 2.85. The molecular formula is C9H18Cl2O4S2. The van der Waals surface area contributed by atoms with Gasteiger partial charge in [0.25, 0.3) is 0 Å². The van der Waals surface area contributed by atoms with E-state index in [9.17, 15) is 16.8 Å². The summed E-state index contributed by atoms with van der Waals surface area (Å²) in [5, 5.41) is 0. The molecule has 0 aromatic carbocycles. The molecule has 4 nitrogen and oxygen atoms in total. The maximum Gasteiger partial charge on any atom is 0.232 e. The van der Waals surface area contributed by atoms with Gasteiger partial charge in [0.1, 0.15) is 0 Å². The molecule has 0 spiro atoms. The van der Waals surface area contributed by atoms with E-state index in [2.05, 4.69) is 0 Å². The predicted molar refractivity (Wildman–Crippen MR) is 71.6 cm³/mol. The summed E-state index contributed by atoms with van der Waals surface area (Å²) in [5.74, 6) is 0.0537. The van der Waals surface area contributed by atoms with Crippen LogP contribution in [0, 0.1) is 0 Å². The monoisotopic (exact) mass is 324 g/mol. The highest BCUT2D eigenvalue weighted by Crippen LogP contribution is 2.10. The highest BCUT2D eigenvalue weighted by Gasteiger charge is 2.05. The average molecular weight is 325 g/mol. The summed E-state index contributed by atoms with van der Waals surface area (Å²) in [4.78, 5) is 0. The van der Waals surface area contributed by atoms with E-state index < -0.39 is 18.1 Å². The van der Waals surface area contributed by atoms with Gasteiger partial charge in [-0.25, -0.2) is 16.8 Å². The van der Waals surface area contributed by atoms with Gasteiger partial charge in [0.05, 0.1) is 11.5 Å². The topological polar surface area (TPSA) is 68.3 Å². The minimum atomic E-state index is -3.35. The number of hydrogen-bond acceptors (Lipinski definition) is 4. The van der Waals surface area contributed by atoms with Crippen molar-refractivity contribution in [3.63, 3.8) is 0 Å². The molecule has 0 aromatic heterocycles. The molecule has 0 aliphatic heterocycles. The van der Waals surface area contributed by atoms with E-state index in [1.165, 1.54) is 0 Å². The molecule has 0 unspecified atom stereocenters. The lowest BCUT2D eigenvalue weighted by atomic mass is 10.1. The second kappa shape index (κ2) is 8.56. The third kappa shape index (κ3) is 16.5. The van der Waals surface area contributed by atoms with Gasteiger partial charge in [0, 0.05) is 21.4 Å². The van der Waals surface area contributed by atoms with E-state index in [0.29, 0.717) is 12.8 Å². The lowest BCUT2D eigenvalue weighted by molar-refractivity contribution is 0.582. The van der Waals surface area contributed by atoms with Crippen molar-refractivity contribution in [2.75, 3.05) is 11.5 Å². The Hall–Kier alpha value is 0.480. The molecule has 0 amide bonds. The van der Waals surface area contributed by atoms with Crippen molar-refractivity contribution in [3.05, 3.63) is 0 Å². The summed E-state index contributed by atoms with van der Waals surface area (Å²) in [6, 6.07) is 0. The molecule has 17 heavy (non-hydrogen) atoms. The summed E-state index contributed by atoms with van der Waals surface area (Å²) in [6.07, 6.45) is 5.70. The molecule has 0 fully saturated rings. The number of rotatable bonds is 10. The van der Waals surface area contributed by atoms with Gasteiger partial charge in [0.2, 0.25) is 18.1 Å². The van der Waals surface area contributed by atoms with E-state index in [1.807, 2.05) is 0 Å². The van der Waals surface area contributed by atoms with Crippen LogP contribution < -0.4 is 0 Å². The molecule has 104 valence electrons. The van der Waals surface area contributed by atoms with Crippen molar-refractivity contribution in [2.24, 2.45) is 0 Å². The number of halogens is 2. The van der Waals surface area contributed by atoms with Crippen molar-refractivity contribution in [2.45, 2.75) is 44.9 Å². The van der Waals surface area contributed by atoms with Crippen LogP contribution in [0.4, 0.5) is 0 Å². The van der Waals surface area contributed by atoms with Gasteiger partial charge in [-0.1, -0.05) is 32.1 Å². The van der Waals surface area contributed by atoms with E-state index in [-0.39, 0.29) is 11.5 Å². The second-order valence-corrected chi connectivity index (χ2v) is 9.75. The van der Waals surface area contributed by atoms with E-state index in [1.54, 1.807) is 0 Å². The molecule has 0 heterocycles. The Labute approximate surface area is 113 Å². The fourth-order valence-corrected chi connectivity index (χ4v) is 3.19. The first-order chi connectivity index (χ1) is 7.71. The van der Waals surface area contributed by atoms with Crippen LogP contribution in [-0.2, 0) is 18.1 Å². The quantitative estimate of drug-likeness (QED) is 0.457. The Morgan fingerprint density at radius 2 is 0.765 bits per heavy atom. The fraction of sp³-hybridized carbons (Fsp3) is 1.00. The van der Waals surface area contributed by atoms with Gasteiger partial charge in [-0.3, -0.25) is 0 Å². The van der Waals surface area contributed by atoms with Crippen molar-refractivity contribution in [1.82, 2.24) is 0 Å². The number of unbranched alkanes of at least 4 members (excludes halogenated alkanes) is 6. The van der Waals surface area contributed by atoms with Gasteiger partial charge in [-0.05, 0) is 12.8 Å². The Kier molecular flexibility index (Phi) is 8.80. The summed E-state index contributed by atoms with van der Waals surface area (Å²) in [7, 11) is 3.42. The Morgan fingerprint density at radius 1 is 0.529 bits per heavy atom. The maximum absolute atomic E-state index is 10.6. The molecule has 0 atom stereocenters. The third-order valence-corrected chi connectivity index (χ3v) is 4.75. The Balaban J connectivity index is 3.25. The van der Waals surface area contributed by atoms with Crippen molar-refractivity contribution >= 4 is 39.5 Å². The zero-order chi connectivity index (χ0) is 13.4. The van der Waals surface area contributed by atoms with E-state index >= 15 is 0 Å². The lowest BCUT2D eigenvalue weighted by Gasteiger charge is -2.00. The van der Waals surface area contributed by atoms with E-state index in [0.717, 1.165) is 32.1 Å². The SMILES string of the molecule is O=S(=O)(Cl)CCCCCCCCCS(=O)(=O)Cl. The lowest BCUT2D eigenvalue weighted by Crippen LogP contribution is -1.97. The van der Waals surface area contributed by atoms with Crippen LogP contribution in [-0.4, -0.2) is 28.3 Å². The summed E-state index contributed by atoms with van der Waals surface area (Å²) < 4.78 is 42.4. The van der Waals surface area contributed by atoms with Crippen LogP contribution in [0.5, 0.6) is 0 Å². The van der Waals surface area contributed by atoms with Crippen LogP contribution in [0.3, 0.4) is 0 Å². The molecule has 0 rings (SSSR count). The smallest absolute Gasteiger partial charge is 0.212 e. The molecule has 0 saturated carbocycles. The van der Waals surface area contributed by atoms with Gasteiger partial charge in [-0.2, -0.15) is 0 Å². The fourth-order valence-electron chi connectivity index (χ4n) is 1.43. The first-order valence-corrected chi connectivity index (χ1v) is 10.5. The summed E-state index contributed by atoms with van der Waals surface area (Å²) >= 11 is 0. The van der Waals surface area contributed by atoms with Crippen molar-refractivity contribution < 1.29 is 16.8 Å². The zero-order valence-corrected chi connectivity index (χ0v) is 12.7. The van der Waals surface area contributed by atoms with Gasteiger partial charge in [-0.15, -0.1) is 0 Å². The summed E-state index contributed by atoms with van der Waals surface area (Å²) in [5.41, 5.74) is 0. The first-order valence-electron chi connectivity index (χ1n) is 5.55. The second-order valence-electron chi connectivity index (χ2n) is 3.96. The molecule has 0 N–H and O–H groups in total. The zero-order valence-electron chi connectivity index (χ0n) is 9.57. The van der Waals surface area contributed by atoms with Crippen LogP contribution in [0.15, 0.2) is 0 Å². The van der Waals surface area contributed by atoms with Crippen LogP contribution in [0.2, 0.25) is 0 Å². The third-order valence-electron chi connectivity index (χ3n) is 2.28. The molecular weight excluding hydrogens is 307 g/mol. The van der Waals surface area contributed by atoms with Gasteiger partial charge < -0.3 is 0 Å². The van der Waals surface area contributed by atoms with Crippen LogP contribution in [0.1, 0.15) is 44.9 Å². The molecule has 0 saturated heterocycles. The Morgan fingerprint density at radius 3 is 1.00 bits per heavy atom. The Bertz CT molecular complexity index is 351. The standard InChI is InChI=1S/C9H18Cl2O4S2/c10-16(12,13)8-6-4-2-1-3-5-7-9-17(11,14)15/h1-9H2. The molecule has 0 bridgehead atoms. The van der Waals surface area contributed by atoms with Crippen molar-refractivity contribution in [3.8, 4) is 0 Å². The van der Waals surface area contributed by atoms with Crippen molar-refractivity contribution in [1.29, 1.82) is 0 Å². The molecule has 0 aliphatic rings. The van der Waals surface area contributed by atoms with Crippen LogP contribution in [0.25, 0.3) is 0 Å². The maximum atomic E-state index is 10.6. The molecule has 8 heteroatoms. The van der Waals surface area contributed by atoms with Gasteiger partial charge >= 0.3 is 0 Å². The van der Waals surface area contributed by atoms with Crippen LogP contribution >= 0.6 is 21.4 Å². The minimum absolute atomic E-state index is 0.0268.